The second kappa shape index (κ2) is 13.7. The Morgan fingerprint density at radius 2 is 1.78 bits per heavy atom. The highest BCUT2D eigenvalue weighted by molar-refractivity contribution is 5.73. The monoisotopic (exact) mass is 644 g/mol. The molecule has 2 N–H and O–H groups in total. The molecule has 248 valence electrons. The summed E-state index contributed by atoms with van der Waals surface area (Å²) in [5, 5.41) is 10.5. The summed E-state index contributed by atoms with van der Waals surface area (Å²) in [6, 6.07) is 6.24. The zero-order chi connectivity index (χ0) is 33.1. The number of morpholine rings is 1. The van der Waals surface area contributed by atoms with Crippen LogP contribution in [0, 0.1) is 6.92 Å². The Labute approximate surface area is 264 Å². The van der Waals surface area contributed by atoms with E-state index in [1.165, 1.54) is 0 Å². The van der Waals surface area contributed by atoms with Crippen LogP contribution in [0.1, 0.15) is 23.7 Å². The molecule has 0 aromatic carbocycles. The lowest BCUT2D eigenvalue weighted by atomic mass is 9.93. The Morgan fingerprint density at radius 3 is 2.35 bits per heavy atom. The third kappa shape index (κ3) is 7.65. The van der Waals surface area contributed by atoms with E-state index in [1.807, 2.05) is 31.6 Å². The number of aliphatic carboxylic acids is 1. The van der Waals surface area contributed by atoms with Gasteiger partial charge in [-0.15, -0.1) is 0 Å². The normalized spacial score (nSPS) is 18.1. The molecule has 0 amide bonds. The van der Waals surface area contributed by atoms with E-state index < -0.39 is 12.1 Å². The number of carboxylic acids is 1. The summed E-state index contributed by atoms with van der Waals surface area (Å²) < 4.78 is 39.4. The number of carbonyl (C=O) groups is 1. The van der Waals surface area contributed by atoms with Crippen molar-refractivity contribution in [1.29, 1.82) is 0 Å². The number of hydrogen-bond acceptors (Lipinski definition) is 10. The summed E-state index contributed by atoms with van der Waals surface area (Å²) in [5.41, 5.74) is 5.06. The third-order valence-corrected chi connectivity index (χ3v) is 8.38. The lowest BCUT2D eigenvalue weighted by molar-refractivity contribution is -0.192. The predicted molar refractivity (Wildman–Crippen MR) is 166 cm³/mol. The third-order valence-electron chi connectivity index (χ3n) is 8.38. The summed E-state index contributed by atoms with van der Waals surface area (Å²) in [6.45, 7) is 12.9. The number of hydrogen-bond donors (Lipinski definition) is 2. The van der Waals surface area contributed by atoms with Gasteiger partial charge in [0.05, 0.1) is 25.4 Å². The Hall–Kier alpha value is -4.08. The van der Waals surface area contributed by atoms with E-state index in [-0.39, 0.29) is 11.2 Å². The lowest BCUT2D eigenvalue weighted by Gasteiger charge is -2.51. The molecule has 0 atom stereocenters. The van der Waals surface area contributed by atoms with Crippen LogP contribution in [0.2, 0.25) is 0 Å². The van der Waals surface area contributed by atoms with Crippen LogP contribution in [-0.2, 0) is 29.5 Å². The first kappa shape index (κ1) is 33.3. The number of nitrogens with one attached hydrogen (secondary N) is 1. The Bertz CT molecular complexity index is 1550. The highest BCUT2D eigenvalue weighted by Gasteiger charge is 2.46. The fourth-order valence-corrected chi connectivity index (χ4v) is 5.91. The molecular weight excluding hydrogens is 605 g/mol. The van der Waals surface area contributed by atoms with Gasteiger partial charge in [-0.2, -0.15) is 13.2 Å². The largest absolute Gasteiger partial charge is 0.490 e. The van der Waals surface area contributed by atoms with Crippen molar-refractivity contribution in [3.05, 3.63) is 64.0 Å². The van der Waals surface area contributed by atoms with Gasteiger partial charge in [0, 0.05) is 93.7 Å². The van der Waals surface area contributed by atoms with Crippen LogP contribution in [0.15, 0.2) is 41.6 Å². The first-order valence-electron chi connectivity index (χ1n) is 15.2. The fourth-order valence-electron chi connectivity index (χ4n) is 5.91. The van der Waals surface area contributed by atoms with Crippen molar-refractivity contribution in [2.24, 2.45) is 7.05 Å². The number of pyridine rings is 2. The molecule has 0 bridgehead atoms. The van der Waals surface area contributed by atoms with Crippen LogP contribution < -0.4 is 20.7 Å². The molecule has 12 nitrogen and oxygen atoms in total. The van der Waals surface area contributed by atoms with Crippen molar-refractivity contribution >= 4 is 17.7 Å². The van der Waals surface area contributed by atoms with Gasteiger partial charge in [-0.05, 0) is 31.5 Å². The molecule has 1 spiro atoms. The molecule has 46 heavy (non-hydrogen) atoms. The Morgan fingerprint density at radius 1 is 1.11 bits per heavy atom. The van der Waals surface area contributed by atoms with Gasteiger partial charge < -0.3 is 29.5 Å². The van der Waals surface area contributed by atoms with Gasteiger partial charge in [-0.1, -0.05) is 6.92 Å². The number of piperazine rings is 1. The number of anilines is 2. The predicted octanol–water partition coefficient (Wildman–Crippen LogP) is 2.24. The average molecular weight is 645 g/mol. The van der Waals surface area contributed by atoms with E-state index in [2.05, 4.69) is 49.0 Å². The molecule has 0 unspecified atom stereocenters. The molecule has 3 saturated heterocycles. The first-order chi connectivity index (χ1) is 21.9. The Balaban J connectivity index is 0.000000537. The summed E-state index contributed by atoms with van der Waals surface area (Å²) in [5.74, 6) is -0.945. The van der Waals surface area contributed by atoms with Crippen LogP contribution in [0.4, 0.5) is 24.9 Å². The molecule has 3 aliphatic rings. The molecule has 3 aromatic rings. The van der Waals surface area contributed by atoms with Crippen molar-refractivity contribution in [3.63, 3.8) is 0 Å². The number of nitrogens with zero attached hydrogens (tertiary/aromatic N) is 7. The second-order valence-corrected chi connectivity index (χ2v) is 11.9. The second-order valence-electron chi connectivity index (χ2n) is 11.9. The molecule has 6 heterocycles. The fraction of sp³-hybridized carbons (Fsp3) is 0.516. The van der Waals surface area contributed by atoms with Gasteiger partial charge in [0.2, 0.25) is 5.95 Å². The van der Waals surface area contributed by atoms with Crippen molar-refractivity contribution < 1.29 is 27.8 Å². The van der Waals surface area contributed by atoms with Gasteiger partial charge >= 0.3 is 12.1 Å². The molecule has 6 rings (SSSR count). The molecule has 3 aliphatic heterocycles. The maximum atomic E-state index is 12.1. The first-order valence-corrected chi connectivity index (χ1v) is 15.2. The molecular formula is C31H39F3N8O4. The van der Waals surface area contributed by atoms with Crippen molar-refractivity contribution in [2.75, 3.05) is 68.8 Å². The van der Waals surface area contributed by atoms with Crippen molar-refractivity contribution in [3.8, 4) is 11.1 Å². The molecule has 15 heteroatoms. The Kier molecular flexibility index (Phi) is 9.93. The number of carboxylic acid groups (broad SMARTS) is 1. The molecule has 0 aliphatic carbocycles. The van der Waals surface area contributed by atoms with Crippen LogP contribution >= 0.6 is 0 Å². The van der Waals surface area contributed by atoms with Crippen LogP contribution in [0.3, 0.4) is 0 Å². The van der Waals surface area contributed by atoms with Crippen LogP contribution in [0.5, 0.6) is 0 Å². The van der Waals surface area contributed by atoms with Crippen LogP contribution in [0.25, 0.3) is 11.1 Å². The van der Waals surface area contributed by atoms with E-state index >= 15 is 0 Å². The van der Waals surface area contributed by atoms with Gasteiger partial charge in [0.1, 0.15) is 11.4 Å². The number of alkyl halides is 3. The number of aromatic nitrogens is 4. The standard InChI is InChI=1S/C29H38N8O2.C2HF3O2/c1-4-25-24(23-13-21(2)27(38)34(3)17-23)5-6-26(33-25)36-10-8-35(9-11-36)16-22-14-31-28(32-15-22)37-19-29(20-37)18-30-7-12-39-29;3-2(4,5)1(6)7/h5-6,13-15,17,30H,4,7-12,16,18-20H2,1-3H3;(H,6,7). The summed E-state index contributed by atoms with van der Waals surface area (Å²) in [6.07, 6.45) is 1.59. The van der Waals surface area contributed by atoms with E-state index in [0.717, 1.165) is 112 Å². The van der Waals surface area contributed by atoms with Gasteiger partial charge in [0.25, 0.3) is 5.56 Å². The number of halogens is 3. The smallest absolute Gasteiger partial charge is 0.475 e. The summed E-state index contributed by atoms with van der Waals surface area (Å²) >= 11 is 0. The lowest BCUT2D eigenvalue weighted by Crippen LogP contribution is -2.70. The number of rotatable bonds is 6. The molecule has 0 saturated carbocycles. The topological polar surface area (TPSA) is 129 Å². The van der Waals surface area contributed by atoms with Gasteiger partial charge in [0.15, 0.2) is 0 Å². The minimum absolute atomic E-state index is 0.0401. The van der Waals surface area contributed by atoms with Crippen LogP contribution in [-0.4, -0.2) is 106 Å². The van der Waals surface area contributed by atoms with E-state index in [0.29, 0.717) is 0 Å². The highest BCUT2D eigenvalue weighted by atomic mass is 19.4. The zero-order valence-corrected chi connectivity index (χ0v) is 26.2. The number of ether oxygens (including phenoxy) is 1. The van der Waals surface area contributed by atoms with Gasteiger partial charge in [-0.25, -0.2) is 19.7 Å². The highest BCUT2D eigenvalue weighted by Crippen LogP contribution is 2.29. The van der Waals surface area contributed by atoms with E-state index in [1.54, 1.807) is 11.6 Å². The zero-order valence-electron chi connectivity index (χ0n) is 26.2. The molecule has 3 aromatic heterocycles. The number of aryl methyl sites for hydroxylation is 3. The summed E-state index contributed by atoms with van der Waals surface area (Å²) in [4.78, 5) is 42.4. The average Bonchev–Trinajstić information content (AvgIpc) is 3.03. The minimum atomic E-state index is -5.08. The molecule has 3 fully saturated rings. The SMILES string of the molecule is CCc1nc(N2CCN(Cc3cnc(N4CC5(CNCCO5)C4)nc3)CC2)ccc1-c1cc(C)c(=O)n(C)c1.O=C(O)C(F)(F)F. The van der Waals surface area contributed by atoms with Crippen molar-refractivity contribution in [2.45, 2.75) is 38.6 Å². The quantitative estimate of drug-likeness (QED) is 0.410. The molecule has 0 radical (unpaired) electrons. The van der Waals surface area contributed by atoms with Crippen molar-refractivity contribution in [1.82, 2.24) is 29.7 Å². The van der Waals surface area contributed by atoms with E-state index in [9.17, 15) is 18.0 Å². The van der Waals surface area contributed by atoms with E-state index in [4.69, 9.17) is 19.6 Å². The maximum absolute atomic E-state index is 12.1. The maximum Gasteiger partial charge on any atom is 0.490 e. The van der Waals surface area contributed by atoms with Gasteiger partial charge in [-0.3, -0.25) is 9.69 Å². The minimum Gasteiger partial charge on any atom is -0.475 e. The summed E-state index contributed by atoms with van der Waals surface area (Å²) in [7, 11) is 1.80.